The summed E-state index contributed by atoms with van der Waals surface area (Å²) in [6, 6.07) is 18.7. The summed E-state index contributed by atoms with van der Waals surface area (Å²) >= 11 is 5.94. The van der Waals surface area contributed by atoms with E-state index in [2.05, 4.69) is 0 Å². The van der Waals surface area contributed by atoms with Crippen LogP contribution in [0.4, 0.5) is 0 Å². The van der Waals surface area contributed by atoms with Crippen molar-refractivity contribution in [3.05, 3.63) is 71.2 Å². The van der Waals surface area contributed by atoms with Crippen LogP contribution in [0.1, 0.15) is 5.56 Å². The van der Waals surface area contributed by atoms with Gasteiger partial charge in [0.1, 0.15) is 18.1 Å². The molecule has 1 N–H and O–H groups in total. The average molecular weight is 285 g/mol. The van der Waals surface area contributed by atoms with Crippen LogP contribution < -0.4 is 4.74 Å². The maximum Gasteiger partial charge on any atom is 0.120 e. The second kappa shape index (κ2) is 5.43. The second-order valence-electron chi connectivity index (χ2n) is 4.61. The van der Waals surface area contributed by atoms with Gasteiger partial charge in [-0.2, -0.15) is 0 Å². The van der Waals surface area contributed by atoms with Crippen molar-refractivity contribution in [2.75, 3.05) is 0 Å². The van der Waals surface area contributed by atoms with E-state index in [0.717, 1.165) is 22.1 Å². The number of fused-ring (bicyclic) bond motifs is 1. The molecule has 0 aromatic heterocycles. The SMILES string of the molecule is Oc1ccc2ccc(OCc3cccc(Cl)c3)cc2c1. The summed E-state index contributed by atoms with van der Waals surface area (Å²) in [5.41, 5.74) is 1.02. The Morgan fingerprint density at radius 1 is 0.900 bits per heavy atom. The summed E-state index contributed by atoms with van der Waals surface area (Å²) in [6.07, 6.45) is 0. The molecule has 0 amide bonds. The maximum atomic E-state index is 9.50. The minimum atomic E-state index is 0.254. The molecule has 0 atom stereocenters. The lowest BCUT2D eigenvalue weighted by Gasteiger charge is -2.08. The van der Waals surface area contributed by atoms with Crippen molar-refractivity contribution in [3.8, 4) is 11.5 Å². The monoisotopic (exact) mass is 284 g/mol. The molecular formula is C17H13ClO2. The summed E-state index contributed by atoms with van der Waals surface area (Å²) in [7, 11) is 0. The smallest absolute Gasteiger partial charge is 0.120 e. The number of phenols is 1. The fourth-order valence-corrected chi connectivity index (χ4v) is 2.31. The largest absolute Gasteiger partial charge is 0.508 e. The normalized spacial score (nSPS) is 10.7. The highest BCUT2D eigenvalue weighted by Gasteiger charge is 2.00. The summed E-state index contributed by atoms with van der Waals surface area (Å²) < 4.78 is 5.75. The lowest BCUT2D eigenvalue weighted by atomic mass is 10.1. The predicted molar refractivity (Wildman–Crippen MR) is 81.4 cm³/mol. The first kappa shape index (κ1) is 12.8. The third-order valence-corrected chi connectivity index (χ3v) is 3.32. The van der Waals surface area contributed by atoms with Crippen molar-refractivity contribution in [3.63, 3.8) is 0 Å². The van der Waals surface area contributed by atoms with Gasteiger partial charge in [-0.15, -0.1) is 0 Å². The van der Waals surface area contributed by atoms with Crippen LogP contribution >= 0.6 is 11.6 Å². The van der Waals surface area contributed by atoms with E-state index in [1.807, 2.05) is 48.5 Å². The number of ether oxygens (including phenoxy) is 1. The van der Waals surface area contributed by atoms with E-state index in [-0.39, 0.29) is 5.75 Å². The van der Waals surface area contributed by atoms with Gasteiger partial charge in [-0.25, -0.2) is 0 Å². The Morgan fingerprint density at radius 2 is 1.75 bits per heavy atom. The summed E-state index contributed by atoms with van der Waals surface area (Å²) in [5.74, 6) is 1.02. The molecule has 3 aromatic rings. The van der Waals surface area contributed by atoms with Gasteiger partial charge in [-0.3, -0.25) is 0 Å². The van der Waals surface area contributed by atoms with Crippen molar-refractivity contribution in [2.45, 2.75) is 6.61 Å². The Kier molecular flexibility index (Phi) is 3.48. The molecule has 0 aliphatic carbocycles. The van der Waals surface area contributed by atoms with Gasteiger partial charge in [0.05, 0.1) is 0 Å². The fraction of sp³-hybridized carbons (Fsp3) is 0.0588. The van der Waals surface area contributed by atoms with Crippen molar-refractivity contribution in [2.24, 2.45) is 0 Å². The van der Waals surface area contributed by atoms with Gasteiger partial charge in [0, 0.05) is 5.02 Å². The minimum Gasteiger partial charge on any atom is -0.508 e. The Hall–Kier alpha value is -2.19. The van der Waals surface area contributed by atoms with E-state index in [1.54, 1.807) is 12.1 Å². The van der Waals surface area contributed by atoms with E-state index >= 15 is 0 Å². The number of benzene rings is 3. The molecule has 2 nitrogen and oxygen atoms in total. The fourth-order valence-electron chi connectivity index (χ4n) is 2.10. The maximum absolute atomic E-state index is 9.50. The molecule has 0 fully saturated rings. The third kappa shape index (κ3) is 2.86. The van der Waals surface area contributed by atoms with Crippen LogP contribution in [0.3, 0.4) is 0 Å². The third-order valence-electron chi connectivity index (χ3n) is 3.09. The molecule has 100 valence electrons. The lowest BCUT2D eigenvalue weighted by Crippen LogP contribution is -1.95. The number of halogens is 1. The molecular weight excluding hydrogens is 272 g/mol. The van der Waals surface area contributed by atoms with Crippen molar-refractivity contribution in [1.82, 2.24) is 0 Å². The van der Waals surface area contributed by atoms with Gasteiger partial charge in [0.2, 0.25) is 0 Å². The first-order valence-corrected chi connectivity index (χ1v) is 6.68. The van der Waals surface area contributed by atoms with E-state index in [9.17, 15) is 5.11 Å². The molecule has 3 aromatic carbocycles. The highest BCUT2D eigenvalue weighted by Crippen LogP contribution is 2.25. The Bertz CT molecular complexity index is 753. The first-order chi connectivity index (χ1) is 9.70. The van der Waals surface area contributed by atoms with Crippen molar-refractivity contribution in [1.29, 1.82) is 0 Å². The van der Waals surface area contributed by atoms with Gasteiger partial charge < -0.3 is 9.84 Å². The van der Waals surface area contributed by atoms with Crippen LogP contribution in [0, 0.1) is 0 Å². The van der Waals surface area contributed by atoms with Gasteiger partial charge in [0.15, 0.2) is 0 Å². The molecule has 0 radical (unpaired) electrons. The lowest BCUT2D eigenvalue weighted by molar-refractivity contribution is 0.306. The van der Waals surface area contributed by atoms with E-state index < -0.39 is 0 Å². The molecule has 0 saturated heterocycles. The van der Waals surface area contributed by atoms with Gasteiger partial charge in [0.25, 0.3) is 0 Å². The molecule has 0 spiro atoms. The van der Waals surface area contributed by atoms with Gasteiger partial charge >= 0.3 is 0 Å². The second-order valence-corrected chi connectivity index (χ2v) is 5.05. The van der Waals surface area contributed by atoms with Crippen molar-refractivity contribution >= 4 is 22.4 Å². The Morgan fingerprint density at radius 3 is 2.60 bits per heavy atom. The predicted octanol–water partition coefficient (Wildman–Crippen LogP) is 4.78. The summed E-state index contributed by atoms with van der Waals surface area (Å²) in [6.45, 7) is 0.463. The molecule has 0 aliphatic heterocycles. The standard InChI is InChI=1S/C17H13ClO2/c18-15-3-1-2-12(8-15)11-20-17-7-5-13-4-6-16(19)9-14(13)10-17/h1-10,19H,11H2. The molecule has 3 heteroatoms. The van der Waals surface area contributed by atoms with Crippen LogP contribution in [0.25, 0.3) is 10.8 Å². The topological polar surface area (TPSA) is 29.5 Å². The number of rotatable bonds is 3. The van der Waals surface area contributed by atoms with Gasteiger partial charge in [-0.1, -0.05) is 35.9 Å². The molecule has 0 unspecified atom stereocenters. The number of phenolic OH excluding ortho intramolecular Hbond substituents is 1. The zero-order chi connectivity index (χ0) is 13.9. The summed E-state index contributed by atoms with van der Waals surface area (Å²) in [4.78, 5) is 0. The molecule has 0 saturated carbocycles. The van der Waals surface area contributed by atoms with E-state index in [1.165, 1.54) is 0 Å². The van der Waals surface area contributed by atoms with Crippen molar-refractivity contribution < 1.29 is 9.84 Å². The molecule has 3 rings (SSSR count). The first-order valence-electron chi connectivity index (χ1n) is 6.31. The zero-order valence-corrected chi connectivity index (χ0v) is 11.5. The van der Waals surface area contributed by atoms with Crippen LogP contribution in [-0.4, -0.2) is 5.11 Å². The zero-order valence-electron chi connectivity index (χ0n) is 10.7. The quantitative estimate of drug-likeness (QED) is 0.750. The highest BCUT2D eigenvalue weighted by molar-refractivity contribution is 6.30. The van der Waals surface area contributed by atoms with E-state index in [0.29, 0.717) is 11.6 Å². The average Bonchev–Trinajstić information content (AvgIpc) is 2.45. The summed E-state index contributed by atoms with van der Waals surface area (Å²) in [5, 5.41) is 12.2. The number of aromatic hydroxyl groups is 1. The minimum absolute atomic E-state index is 0.254. The molecule has 0 bridgehead atoms. The number of hydrogen-bond acceptors (Lipinski definition) is 2. The molecule has 0 heterocycles. The van der Waals surface area contributed by atoms with Crippen LogP contribution in [-0.2, 0) is 6.61 Å². The number of hydrogen-bond donors (Lipinski definition) is 1. The molecule has 0 aliphatic rings. The van der Waals surface area contributed by atoms with Crippen LogP contribution in [0.5, 0.6) is 11.5 Å². The van der Waals surface area contributed by atoms with Gasteiger partial charge in [-0.05, 0) is 52.7 Å². The Labute approximate surface area is 122 Å². The Balaban J connectivity index is 1.80. The van der Waals surface area contributed by atoms with Crippen LogP contribution in [0.2, 0.25) is 5.02 Å². The van der Waals surface area contributed by atoms with E-state index in [4.69, 9.17) is 16.3 Å². The highest BCUT2D eigenvalue weighted by atomic mass is 35.5. The van der Waals surface area contributed by atoms with Crippen LogP contribution in [0.15, 0.2) is 60.7 Å². The molecule has 20 heavy (non-hydrogen) atoms.